The molecule has 1 atom stereocenters. The largest absolute Gasteiger partial charge is 0.398 e. The molecule has 0 saturated carbocycles. The van der Waals surface area contributed by atoms with Crippen molar-refractivity contribution in [2.45, 2.75) is 19.4 Å². The molecular weight excluding hydrogens is 352 g/mol. The Morgan fingerprint density at radius 2 is 2.11 bits per heavy atom. The third-order valence-electron chi connectivity index (χ3n) is 4.61. The number of nitrogens with one attached hydrogen (secondary N) is 3. The average molecular weight is 376 g/mol. The summed E-state index contributed by atoms with van der Waals surface area (Å²) in [7, 11) is 1.62. The highest BCUT2D eigenvalue weighted by Gasteiger charge is 2.20. The molecule has 3 rings (SSSR count). The summed E-state index contributed by atoms with van der Waals surface area (Å²) in [6.45, 7) is 1.97. The van der Waals surface area contributed by atoms with E-state index in [2.05, 4.69) is 15.6 Å². The van der Waals surface area contributed by atoms with Crippen molar-refractivity contribution in [1.82, 2.24) is 0 Å². The molecule has 1 aliphatic rings. The van der Waals surface area contributed by atoms with Crippen LogP contribution in [0.15, 0.2) is 47.0 Å². The number of nitrogen functional groups attached to an aromatic ring is 1. The molecule has 1 amide bonds. The number of carbonyl (C=O) groups is 1. The minimum atomic E-state index is -0.0180. The summed E-state index contributed by atoms with van der Waals surface area (Å²) in [6, 6.07) is 11.4. The van der Waals surface area contributed by atoms with Gasteiger partial charge in [0.25, 0.3) is 0 Å². The third-order valence-corrected chi connectivity index (χ3v) is 4.61. The van der Waals surface area contributed by atoms with E-state index in [0.29, 0.717) is 28.9 Å². The first-order chi connectivity index (χ1) is 13.4. The minimum Gasteiger partial charge on any atom is -0.398 e. The number of carbonyl (C=O) groups excluding carboxylic acids is 1. The summed E-state index contributed by atoms with van der Waals surface area (Å²) in [5, 5.41) is 13.9. The number of nitrogens with two attached hydrogens (primary N) is 2. The molecule has 7 nitrogen and oxygen atoms in total. The van der Waals surface area contributed by atoms with Crippen LogP contribution in [0.3, 0.4) is 0 Å². The molecule has 2 aromatic carbocycles. The number of para-hydroxylation sites is 1. The predicted molar refractivity (Wildman–Crippen MR) is 117 cm³/mol. The van der Waals surface area contributed by atoms with Crippen LogP contribution in [-0.4, -0.2) is 31.4 Å². The Morgan fingerprint density at radius 1 is 1.32 bits per heavy atom. The molecule has 28 heavy (non-hydrogen) atoms. The molecule has 2 aromatic rings. The molecule has 0 radical (unpaired) electrons. The van der Waals surface area contributed by atoms with Crippen LogP contribution < -0.4 is 22.1 Å². The lowest BCUT2D eigenvalue weighted by molar-refractivity contribution is -0.116. The maximum atomic E-state index is 12.0. The lowest BCUT2D eigenvalue weighted by Crippen LogP contribution is -2.19. The van der Waals surface area contributed by atoms with Gasteiger partial charge < -0.3 is 27.5 Å². The second-order valence-corrected chi connectivity index (χ2v) is 6.73. The number of hydrogen-bond acceptors (Lipinski definition) is 6. The molecule has 0 fully saturated rings. The van der Waals surface area contributed by atoms with Gasteiger partial charge in [-0.3, -0.25) is 9.79 Å². The van der Waals surface area contributed by atoms with Crippen LogP contribution in [0.25, 0.3) is 16.8 Å². The Kier molecular flexibility index (Phi) is 5.44. The Morgan fingerprint density at radius 3 is 2.82 bits per heavy atom. The molecule has 0 saturated heterocycles. The van der Waals surface area contributed by atoms with Crippen LogP contribution in [0.5, 0.6) is 0 Å². The van der Waals surface area contributed by atoms with E-state index in [0.717, 1.165) is 28.7 Å². The number of anilines is 3. The molecule has 0 bridgehead atoms. The van der Waals surface area contributed by atoms with E-state index < -0.39 is 0 Å². The standard InChI is InChI=1S/C21H24N6O/c1-12-8-19(28)27-18-5-3-4-15(21(18)26-12)13-6-7-17(23)16(9-13)20(24)14(10-22)11-25-2/h3-7,9-12,22,26H,8,23-24H2,1-2H3,(H,27,28)/t12-/m1/s1. The predicted octanol–water partition coefficient (Wildman–Crippen LogP) is 3.10. The zero-order valence-electron chi connectivity index (χ0n) is 15.9. The van der Waals surface area contributed by atoms with Gasteiger partial charge in [0.2, 0.25) is 5.91 Å². The Bertz CT molecular complexity index is 992. The molecule has 7 heteroatoms. The highest BCUT2D eigenvalue weighted by molar-refractivity contribution is 6.11. The fraction of sp³-hybridized carbons (Fsp3) is 0.190. The van der Waals surface area contributed by atoms with E-state index in [1.807, 2.05) is 37.3 Å². The fourth-order valence-electron chi connectivity index (χ4n) is 3.27. The first kappa shape index (κ1) is 19.2. The molecule has 0 aliphatic carbocycles. The van der Waals surface area contributed by atoms with Crippen molar-refractivity contribution in [3.8, 4) is 11.1 Å². The molecule has 144 valence electrons. The summed E-state index contributed by atoms with van der Waals surface area (Å²) < 4.78 is 0. The van der Waals surface area contributed by atoms with Crippen LogP contribution in [0.2, 0.25) is 0 Å². The molecule has 1 aliphatic heterocycles. The van der Waals surface area contributed by atoms with E-state index >= 15 is 0 Å². The Balaban J connectivity index is 2.16. The number of benzene rings is 2. The number of aliphatic imine (C=N–C) groups is 1. The molecule has 7 N–H and O–H groups in total. The van der Waals surface area contributed by atoms with E-state index in [9.17, 15) is 4.79 Å². The second kappa shape index (κ2) is 7.96. The van der Waals surface area contributed by atoms with Crippen molar-refractivity contribution in [2.75, 3.05) is 23.4 Å². The Hall–Kier alpha value is -3.61. The quantitative estimate of drug-likeness (QED) is 0.415. The molecular formula is C21H24N6O. The number of nitrogens with zero attached hydrogens (tertiary/aromatic N) is 1. The van der Waals surface area contributed by atoms with Gasteiger partial charge in [-0.25, -0.2) is 0 Å². The first-order valence-electron chi connectivity index (χ1n) is 8.96. The minimum absolute atomic E-state index is 0.00546. The zero-order valence-corrected chi connectivity index (χ0v) is 15.9. The highest BCUT2D eigenvalue weighted by atomic mass is 16.1. The topological polar surface area (TPSA) is 129 Å². The molecule has 0 unspecified atom stereocenters. The molecule has 1 heterocycles. The van der Waals surface area contributed by atoms with Gasteiger partial charge in [0.1, 0.15) is 0 Å². The van der Waals surface area contributed by atoms with Crippen LogP contribution in [0.1, 0.15) is 18.9 Å². The van der Waals surface area contributed by atoms with Crippen LogP contribution in [0, 0.1) is 5.41 Å². The smallest absolute Gasteiger partial charge is 0.226 e. The van der Waals surface area contributed by atoms with Gasteiger partial charge in [0, 0.05) is 54.3 Å². The number of rotatable bonds is 4. The van der Waals surface area contributed by atoms with E-state index in [4.69, 9.17) is 16.9 Å². The monoisotopic (exact) mass is 376 g/mol. The van der Waals surface area contributed by atoms with E-state index in [-0.39, 0.29) is 11.9 Å². The van der Waals surface area contributed by atoms with Crippen molar-refractivity contribution in [3.63, 3.8) is 0 Å². The fourth-order valence-corrected chi connectivity index (χ4v) is 3.27. The van der Waals surface area contributed by atoms with Crippen molar-refractivity contribution < 1.29 is 4.79 Å². The van der Waals surface area contributed by atoms with Crippen molar-refractivity contribution >= 4 is 41.1 Å². The number of allylic oxidation sites excluding steroid dienone is 1. The summed E-state index contributed by atoms with van der Waals surface area (Å²) in [5.74, 6) is -0.0180. The van der Waals surface area contributed by atoms with Gasteiger partial charge in [-0.1, -0.05) is 18.2 Å². The summed E-state index contributed by atoms with van der Waals surface area (Å²) in [5.41, 5.74) is 17.9. The normalized spacial score (nSPS) is 17.2. The maximum Gasteiger partial charge on any atom is 0.226 e. The maximum absolute atomic E-state index is 12.0. The van der Waals surface area contributed by atoms with Gasteiger partial charge in [0.05, 0.1) is 17.1 Å². The Labute approximate surface area is 164 Å². The van der Waals surface area contributed by atoms with Crippen molar-refractivity contribution in [2.24, 2.45) is 10.7 Å². The molecule has 0 aromatic heterocycles. The van der Waals surface area contributed by atoms with Gasteiger partial charge in [-0.2, -0.15) is 0 Å². The summed E-state index contributed by atoms with van der Waals surface area (Å²) in [4.78, 5) is 16.0. The third kappa shape index (κ3) is 3.73. The SMILES string of the molecule is CN=CC(C=N)=C(N)c1cc(-c2cccc3c2N[C@H](C)CC(=O)N3)ccc1N. The highest BCUT2D eigenvalue weighted by Crippen LogP contribution is 2.38. The second-order valence-electron chi connectivity index (χ2n) is 6.73. The van der Waals surface area contributed by atoms with Gasteiger partial charge in [-0.15, -0.1) is 0 Å². The lowest BCUT2D eigenvalue weighted by Gasteiger charge is -2.18. The zero-order chi connectivity index (χ0) is 20.3. The summed E-state index contributed by atoms with van der Waals surface area (Å²) in [6.07, 6.45) is 3.08. The van der Waals surface area contributed by atoms with Crippen LogP contribution in [0.4, 0.5) is 17.1 Å². The van der Waals surface area contributed by atoms with Crippen LogP contribution in [-0.2, 0) is 4.79 Å². The number of fused-ring (bicyclic) bond motifs is 1. The van der Waals surface area contributed by atoms with Crippen LogP contribution >= 0.6 is 0 Å². The number of amides is 1. The van der Waals surface area contributed by atoms with Crippen molar-refractivity contribution in [3.05, 3.63) is 47.5 Å². The van der Waals surface area contributed by atoms with E-state index in [1.54, 1.807) is 13.1 Å². The number of hydrogen-bond donors (Lipinski definition) is 5. The summed E-state index contributed by atoms with van der Waals surface area (Å²) >= 11 is 0. The lowest BCUT2D eigenvalue weighted by atomic mass is 9.97. The average Bonchev–Trinajstić information content (AvgIpc) is 2.82. The van der Waals surface area contributed by atoms with Gasteiger partial charge in [0.15, 0.2) is 0 Å². The molecule has 0 spiro atoms. The van der Waals surface area contributed by atoms with Gasteiger partial charge >= 0.3 is 0 Å². The van der Waals surface area contributed by atoms with E-state index in [1.165, 1.54) is 6.21 Å². The van der Waals surface area contributed by atoms with Crippen molar-refractivity contribution in [1.29, 1.82) is 5.41 Å². The first-order valence-corrected chi connectivity index (χ1v) is 8.96. The van der Waals surface area contributed by atoms with Gasteiger partial charge in [-0.05, 0) is 30.7 Å².